The van der Waals surface area contributed by atoms with Gasteiger partial charge < -0.3 is 10.6 Å². The predicted octanol–water partition coefficient (Wildman–Crippen LogP) is 2.72. The molecule has 0 spiro atoms. The Kier molecular flexibility index (Phi) is 3.02. The number of rotatable bonds is 1. The average molecular weight is 234 g/mol. The Morgan fingerprint density at radius 3 is 2.94 bits per heavy atom. The maximum absolute atomic E-state index is 13.2. The van der Waals surface area contributed by atoms with E-state index in [1.807, 2.05) is 6.07 Å². The minimum Gasteiger partial charge on any atom is -0.385 e. The second-order valence-electron chi connectivity index (χ2n) is 5.16. The molecular weight excluding hydrogens is 215 g/mol. The summed E-state index contributed by atoms with van der Waals surface area (Å²) in [5.41, 5.74) is 2.32. The van der Waals surface area contributed by atoms with Gasteiger partial charge in [0.05, 0.1) is 0 Å². The highest BCUT2D eigenvalue weighted by atomic mass is 19.1. The van der Waals surface area contributed by atoms with Crippen LogP contribution in [0.2, 0.25) is 0 Å². The molecular formula is C14H19FN2. The van der Waals surface area contributed by atoms with Crippen LogP contribution in [-0.4, -0.2) is 19.6 Å². The molecule has 0 aliphatic carbocycles. The number of piperidine rings is 1. The van der Waals surface area contributed by atoms with Gasteiger partial charge in [-0.2, -0.15) is 0 Å². The quantitative estimate of drug-likeness (QED) is 0.780. The Morgan fingerprint density at radius 1 is 1.18 bits per heavy atom. The molecule has 0 saturated carbocycles. The van der Waals surface area contributed by atoms with Crippen molar-refractivity contribution in [3.8, 4) is 0 Å². The van der Waals surface area contributed by atoms with Gasteiger partial charge in [0.1, 0.15) is 5.82 Å². The lowest BCUT2D eigenvalue weighted by molar-refractivity contribution is 0.311. The Labute approximate surface area is 102 Å². The molecule has 0 amide bonds. The lowest BCUT2D eigenvalue weighted by Gasteiger charge is -2.35. The fourth-order valence-corrected chi connectivity index (χ4v) is 3.23. The van der Waals surface area contributed by atoms with Crippen molar-refractivity contribution in [1.82, 2.24) is 5.32 Å². The van der Waals surface area contributed by atoms with Crippen molar-refractivity contribution in [3.63, 3.8) is 0 Å². The Morgan fingerprint density at radius 2 is 2.12 bits per heavy atom. The molecule has 0 bridgehead atoms. The second-order valence-corrected chi connectivity index (χ2v) is 5.16. The molecule has 2 unspecified atom stereocenters. The molecule has 1 fully saturated rings. The zero-order valence-corrected chi connectivity index (χ0v) is 10.0. The fraction of sp³-hybridized carbons (Fsp3) is 0.571. The van der Waals surface area contributed by atoms with Crippen molar-refractivity contribution in [2.75, 3.05) is 25.0 Å². The van der Waals surface area contributed by atoms with Crippen LogP contribution in [0.25, 0.3) is 0 Å². The maximum atomic E-state index is 13.2. The summed E-state index contributed by atoms with van der Waals surface area (Å²) in [4.78, 5) is 0. The van der Waals surface area contributed by atoms with Gasteiger partial charge >= 0.3 is 0 Å². The van der Waals surface area contributed by atoms with Gasteiger partial charge in [0.2, 0.25) is 0 Å². The molecule has 3 heteroatoms. The van der Waals surface area contributed by atoms with Gasteiger partial charge in [0.15, 0.2) is 0 Å². The van der Waals surface area contributed by atoms with Crippen LogP contribution in [0.3, 0.4) is 0 Å². The van der Waals surface area contributed by atoms with Gasteiger partial charge in [-0.25, -0.2) is 4.39 Å². The lowest BCUT2D eigenvalue weighted by Crippen LogP contribution is -2.35. The first-order valence-electron chi connectivity index (χ1n) is 6.58. The van der Waals surface area contributed by atoms with E-state index in [-0.39, 0.29) is 5.82 Å². The van der Waals surface area contributed by atoms with Crippen LogP contribution in [0.1, 0.15) is 30.7 Å². The van der Waals surface area contributed by atoms with E-state index < -0.39 is 0 Å². The SMILES string of the molecule is Fc1ccc2c(c1)NCCC2C1CCCNC1. The van der Waals surface area contributed by atoms with Gasteiger partial charge in [-0.05, 0) is 61.9 Å². The van der Waals surface area contributed by atoms with Crippen LogP contribution in [-0.2, 0) is 0 Å². The molecule has 92 valence electrons. The average Bonchev–Trinajstić information content (AvgIpc) is 2.39. The number of hydrogen-bond acceptors (Lipinski definition) is 2. The van der Waals surface area contributed by atoms with Crippen LogP contribution < -0.4 is 10.6 Å². The minimum absolute atomic E-state index is 0.140. The van der Waals surface area contributed by atoms with Gasteiger partial charge in [-0.1, -0.05) is 6.07 Å². The maximum Gasteiger partial charge on any atom is 0.125 e. The molecule has 2 atom stereocenters. The third kappa shape index (κ3) is 2.16. The highest BCUT2D eigenvalue weighted by Crippen LogP contribution is 2.39. The Balaban J connectivity index is 1.88. The van der Waals surface area contributed by atoms with E-state index in [0.717, 1.165) is 31.2 Å². The number of hydrogen-bond donors (Lipinski definition) is 2. The number of nitrogens with one attached hydrogen (secondary N) is 2. The van der Waals surface area contributed by atoms with Gasteiger partial charge in [-0.3, -0.25) is 0 Å². The third-order valence-electron chi connectivity index (χ3n) is 4.09. The summed E-state index contributed by atoms with van der Waals surface area (Å²) in [7, 11) is 0. The van der Waals surface area contributed by atoms with Gasteiger partial charge in [-0.15, -0.1) is 0 Å². The summed E-state index contributed by atoms with van der Waals surface area (Å²) in [5, 5.41) is 6.79. The monoisotopic (exact) mass is 234 g/mol. The summed E-state index contributed by atoms with van der Waals surface area (Å²) in [6.07, 6.45) is 3.74. The van der Waals surface area contributed by atoms with E-state index >= 15 is 0 Å². The molecule has 2 aliphatic rings. The van der Waals surface area contributed by atoms with E-state index in [1.54, 1.807) is 12.1 Å². The Hall–Kier alpha value is -1.09. The van der Waals surface area contributed by atoms with E-state index in [4.69, 9.17) is 0 Å². The molecule has 2 aliphatic heterocycles. The zero-order chi connectivity index (χ0) is 11.7. The van der Waals surface area contributed by atoms with Gasteiger partial charge in [0.25, 0.3) is 0 Å². The second kappa shape index (κ2) is 4.65. The summed E-state index contributed by atoms with van der Waals surface area (Å²) in [5.74, 6) is 1.17. The molecule has 3 rings (SSSR count). The van der Waals surface area contributed by atoms with E-state index in [0.29, 0.717) is 5.92 Å². The Bertz CT molecular complexity index is 399. The largest absolute Gasteiger partial charge is 0.385 e. The summed E-state index contributed by atoms with van der Waals surface area (Å²) >= 11 is 0. The number of anilines is 1. The van der Waals surface area contributed by atoms with Crippen LogP contribution >= 0.6 is 0 Å². The van der Waals surface area contributed by atoms with Crippen molar-refractivity contribution in [3.05, 3.63) is 29.6 Å². The van der Waals surface area contributed by atoms with Crippen LogP contribution in [0, 0.1) is 11.7 Å². The molecule has 1 aromatic rings. The van der Waals surface area contributed by atoms with E-state index in [9.17, 15) is 4.39 Å². The topological polar surface area (TPSA) is 24.1 Å². The molecule has 1 saturated heterocycles. The molecule has 2 heterocycles. The van der Waals surface area contributed by atoms with Crippen molar-refractivity contribution in [1.29, 1.82) is 0 Å². The standard InChI is InChI=1S/C14H19FN2/c15-11-3-4-13-12(5-7-17-14(13)8-11)10-2-1-6-16-9-10/h3-4,8,10,12,16-17H,1-2,5-7,9H2. The van der Waals surface area contributed by atoms with E-state index in [2.05, 4.69) is 10.6 Å². The predicted molar refractivity (Wildman–Crippen MR) is 67.8 cm³/mol. The van der Waals surface area contributed by atoms with Crippen LogP contribution in [0.5, 0.6) is 0 Å². The van der Waals surface area contributed by atoms with Crippen molar-refractivity contribution >= 4 is 5.69 Å². The first-order valence-corrected chi connectivity index (χ1v) is 6.58. The third-order valence-corrected chi connectivity index (χ3v) is 4.09. The number of benzene rings is 1. The molecule has 2 N–H and O–H groups in total. The molecule has 0 aromatic heterocycles. The zero-order valence-electron chi connectivity index (χ0n) is 10.0. The summed E-state index contributed by atoms with van der Waals surface area (Å²) < 4.78 is 13.2. The lowest BCUT2D eigenvalue weighted by atomic mass is 9.77. The fourth-order valence-electron chi connectivity index (χ4n) is 3.23. The first-order chi connectivity index (χ1) is 8.34. The highest BCUT2D eigenvalue weighted by molar-refractivity contribution is 5.55. The van der Waals surface area contributed by atoms with Crippen molar-refractivity contribution in [2.24, 2.45) is 5.92 Å². The minimum atomic E-state index is -0.140. The molecule has 17 heavy (non-hydrogen) atoms. The van der Waals surface area contributed by atoms with Crippen molar-refractivity contribution in [2.45, 2.75) is 25.2 Å². The van der Waals surface area contributed by atoms with Crippen molar-refractivity contribution < 1.29 is 4.39 Å². The smallest absolute Gasteiger partial charge is 0.125 e. The van der Waals surface area contributed by atoms with Gasteiger partial charge in [0, 0.05) is 12.2 Å². The molecule has 0 radical (unpaired) electrons. The molecule has 2 nitrogen and oxygen atoms in total. The number of halogens is 1. The first kappa shape index (κ1) is 11.0. The highest BCUT2D eigenvalue weighted by Gasteiger charge is 2.28. The summed E-state index contributed by atoms with van der Waals surface area (Å²) in [6, 6.07) is 5.20. The van der Waals surface area contributed by atoms with Crippen LogP contribution in [0.4, 0.5) is 10.1 Å². The summed E-state index contributed by atoms with van der Waals surface area (Å²) in [6.45, 7) is 3.23. The molecule has 1 aromatic carbocycles. The van der Waals surface area contributed by atoms with E-state index in [1.165, 1.54) is 24.8 Å². The van der Waals surface area contributed by atoms with Crippen LogP contribution in [0.15, 0.2) is 18.2 Å². The normalized spacial score (nSPS) is 28.3. The number of fused-ring (bicyclic) bond motifs is 1.